The molecule has 0 fully saturated rings. The highest BCUT2D eigenvalue weighted by atomic mass is 32.2. The molecule has 0 aliphatic heterocycles. The van der Waals surface area contributed by atoms with E-state index in [2.05, 4.69) is 22.5 Å². The van der Waals surface area contributed by atoms with Crippen LogP contribution in [0.15, 0.2) is 54.6 Å². The predicted molar refractivity (Wildman–Crippen MR) is 110 cm³/mol. The summed E-state index contributed by atoms with van der Waals surface area (Å²) in [5, 5.41) is 7.55. The minimum absolute atomic E-state index is 0.126. The van der Waals surface area contributed by atoms with E-state index in [9.17, 15) is 9.18 Å². The van der Waals surface area contributed by atoms with Crippen LogP contribution in [-0.4, -0.2) is 28.0 Å². The second-order valence-corrected chi connectivity index (χ2v) is 7.91. The number of carbonyl (C=O) groups excluding carboxylic acids is 1. The summed E-state index contributed by atoms with van der Waals surface area (Å²) < 4.78 is 15.0. The fraction of sp³-hybridized carbons (Fsp3) is 0.273. The summed E-state index contributed by atoms with van der Waals surface area (Å²) in [6.45, 7) is 0.606. The molecule has 6 heteroatoms. The van der Waals surface area contributed by atoms with Gasteiger partial charge in [-0.1, -0.05) is 30.3 Å². The van der Waals surface area contributed by atoms with Gasteiger partial charge in [0, 0.05) is 29.3 Å². The first kappa shape index (κ1) is 18.7. The van der Waals surface area contributed by atoms with Crippen molar-refractivity contribution in [1.29, 1.82) is 0 Å². The molecule has 1 heterocycles. The van der Waals surface area contributed by atoms with Crippen molar-refractivity contribution >= 4 is 17.7 Å². The highest BCUT2D eigenvalue weighted by Gasteiger charge is 2.26. The molecule has 0 saturated carbocycles. The van der Waals surface area contributed by atoms with E-state index in [0.29, 0.717) is 12.2 Å². The number of carbonyl (C=O) groups is 1. The minimum Gasteiger partial charge on any atom is -0.350 e. The smallest absolute Gasteiger partial charge is 0.272 e. The molecule has 0 saturated heterocycles. The number of nitrogens with one attached hydrogen (secondary N) is 1. The van der Waals surface area contributed by atoms with Crippen LogP contribution in [0.3, 0.4) is 0 Å². The topological polar surface area (TPSA) is 46.9 Å². The Kier molecular flexibility index (Phi) is 5.76. The summed E-state index contributed by atoms with van der Waals surface area (Å²) in [5.41, 5.74) is 4.67. The molecule has 0 spiro atoms. The van der Waals surface area contributed by atoms with Gasteiger partial charge in [-0.3, -0.25) is 4.79 Å². The predicted octanol–water partition coefficient (Wildman–Crippen LogP) is 4.16. The van der Waals surface area contributed by atoms with Gasteiger partial charge >= 0.3 is 0 Å². The number of halogens is 1. The molecule has 1 aromatic heterocycles. The summed E-state index contributed by atoms with van der Waals surface area (Å²) in [5.74, 6) is 1.38. The second-order valence-electron chi connectivity index (χ2n) is 6.81. The summed E-state index contributed by atoms with van der Waals surface area (Å²) in [7, 11) is 0. The molecular weight excluding hydrogens is 373 g/mol. The molecule has 1 N–H and O–H groups in total. The van der Waals surface area contributed by atoms with E-state index in [1.807, 2.05) is 18.2 Å². The molecule has 0 bridgehead atoms. The van der Waals surface area contributed by atoms with Crippen molar-refractivity contribution in [2.24, 2.45) is 0 Å². The maximum Gasteiger partial charge on any atom is 0.272 e. The van der Waals surface area contributed by atoms with Crippen LogP contribution < -0.4 is 5.32 Å². The molecule has 0 unspecified atom stereocenters. The van der Waals surface area contributed by atoms with Crippen molar-refractivity contribution in [3.8, 4) is 5.69 Å². The SMILES string of the molecule is O=C(NCCSCc1ccccc1)c1nn(-c2ccc(F)cc2)c2c1CCC2. The van der Waals surface area contributed by atoms with Crippen LogP contribution in [-0.2, 0) is 18.6 Å². The molecular formula is C22H22FN3OS. The third-order valence-corrected chi connectivity index (χ3v) is 5.89. The Labute approximate surface area is 168 Å². The van der Waals surface area contributed by atoms with Crippen molar-refractivity contribution in [2.75, 3.05) is 12.3 Å². The standard InChI is InChI=1S/C22H22FN3OS/c23-17-9-11-18(12-10-17)26-20-8-4-7-19(20)21(25-26)22(27)24-13-14-28-15-16-5-2-1-3-6-16/h1-3,5-6,9-12H,4,7-8,13-15H2,(H,24,27). The molecule has 28 heavy (non-hydrogen) atoms. The van der Waals surface area contributed by atoms with E-state index in [4.69, 9.17) is 0 Å². The first-order chi connectivity index (χ1) is 13.7. The molecule has 4 nitrogen and oxygen atoms in total. The Morgan fingerprint density at radius 2 is 1.89 bits per heavy atom. The Morgan fingerprint density at radius 1 is 1.11 bits per heavy atom. The van der Waals surface area contributed by atoms with Gasteiger partial charge in [-0.2, -0.15) is 16.9 Å². The Balaban J connectivity index is 1.38. The highest BCUT2D eigenvalue weighted by molar-refractivity contribution is 7.98. The second kappa shape index (κ2) is 8.61. The van der Waals surface area contributed by atoms with E-state index < -0.39 is 0 Å². The third-order valence-electron chi connectivity index (χ3n) is 4.86. The quantitative estimate of drug-likeness (QED) is 0.611. The lowest BCUT2D eigenvalue weighted by Crippen LogP contribution is -2.27. The molecule has 0 radical (unpaired) electrons. The maximum absolute atomic E-state index is 13.2. The molecule has 144 valence electrons. The number of thioether (sulfide) groups is 1. The van der Waals surface area contributed by atoms with E-state index in [1.165, 1.54) is 17.7 Å². The summed E-state index contributed by atoms with van der Waals surface area (Å²) in [6, 6.07) is 16.5. The first-order valence-corrected chi connectivity index (χ1v) is 10.6. The van der Waals surface area contributed by atoms with Crippen LogP contribution in [0.25, 0.3) is 5.69 Å². The van der Waals surface area contributed by atoms with E-state index >= 15 is 0 Å². The monoisotopic (exact) mass is 395 g/mol. The van der Waals surface area contributed by atoms with Crippen LogP contribution in [0.4, 0.5) is 4.39 Å². The minimum atomic E-state index is -0.279. The molecule has 4 rings (SSSR count). The number of rotatable bonds is 7. The molecule has 1 aliphatic carbocycles. The maximum atomic E-state index is 13.2. The average Bonchev–Trinajstić information content (AvgIpc) is 3.32. The Morgan fingerprint density at radius 3 is 2.68 bits per heavy atom. The van der Waals surface area contributed by atoms with Crippen molar-refractivity contribution in [2.45, 2.75) is 25.0 Å². The van der Waals surface area contributed by atoms with Gasteiger partial charge in [0.2, 0.25) is 0 Å². The van der Waals surface area contributed by atoms with Crippen molar-refractivity contribution in [3.05, 3.63) is 82.9 Å². The molecule has 2 aromatic carbocycles. The lowest BCUT2D eigenvalue weighted by molar-refractivity contribution is 0.0950. The van der Waals surface area contributed by atoms with Crippen LogP contribution in [0.1, 0.15) is 33.7 Å². The fourth-order valence-electron chi connectivity index (χ4n) is 3.50. The van der Waals surface area contributed by atoms with Crippen LogP contribution in [0.5, 0.6) is 0 Å². The third kappa shape index (κ3) is 4.12. The van der Waals surface area contributed by atoms with Crippen molar-refractivity contribution in [1.82, 2.24) is 15.1 Å². The van der Waals surface area contributed by atoms with Gasteiger partial charge in [0.1, 0.15) is 5.82 Å². The zero-order valence-corrected chi connectivity index (χ0v) is 16.3. The summed E-state index contributed by atoms with van der Waals surface area (Å²) in [6.07, 6.45) is 2.77. The van der Waals surface area contributed by atoms with E-state index in [-0.39, 0.29) is 11.7 Å². The zero-order valence-electron chi connectivity index (χ0n) is 15.5. The Hall–Kier alpha value is -2.60. The lowest BCUT2D eigenvalue weighted by atomic mass is 10.2. The number of fused-ring (bicyclic) bond motifs is 1. The lowest BCUT2D eigenvalue weighted by Gasteiger charge is -2.06. The van der Waals surface area contributed by atoms with Crippen LogP contribution in [0.2, 0.25) is 0 Å². The van der Waals surface area contributed by atoms with E-state index in [1.54, 1.807) is 28.6 Å². The number of hydrogen-bond donors (Lipinski definition) is 1. The number of amides is 1. The van der Waals surface area contributed by atoms with Crippen LogP contribution in [0, 0.1) is 5.82 Å². The van der Waals surface area contributed by atoms with Crippen molar-refractivity contribution < 1.29 is 9.18 Å². The highest BCUT2D eigenvalue weighted by Crippen LogP contribution is 2.28. The van der Waals surface area contributed by atoms with Gasteiger partial charge < -0.3 is 5.32 Å². The summed E-state index contributed by atoms with van der Waals surface area (Å²) in [4.78, 5) is 12.7. The number of hydrogen-bond acceptors (Lipinski definition) is 3. The van der Waals surface area contributed by atoms with Gasteiger partial charge in [-0.25, -0.2) is 9.07 Å². The van der Waals surface area contributed by atoms with Gasteiger partial charge in [0.05, 0.1) is 5.69 Å². The Bertz CT molecular complexity index is 954. The van der Waals surface area contributed by atoms with E-state index in [0.717, 1.165) is 47.7 Å². The number of benzene rings is 2. The van der Waals surface area contributed by atoms with Gasteiger partial charge in [-0.05, 0) is 49.1 Å². The fourth-order valence-corrected chi connectivity index (χ4v) is 4.32. The molecule has 1 aliphatic rings. The summed E-state index contributed by atoms with van der Waals surface area (Å²) >= 11 is 1.80. The first-order valence-electron chi connectivity index (χ1n) is 9.49. The normalized spacial score (nSPS) is 12.8. The van der Waals surface area contributed by atoms with Crippen LogP contribution >= 0.6 is 11.8 Å². The van der Waals surface area contributed by atoms with Gasteiger partial charge in [-0.15, -0.1) is 0 Å². The molecule has 0 atom stereocenters. The van der Waals surface area contributed by atoms with Gasteiger partial charge in [0.25, 0.3) is 5.91 Å². The molecule has 3 aromatic rings. The zero-order chi connectivity index (χ0) is 19.3. The number of aromatic nitrogens is 2. The number of nitrogens with zero attached hydrogens (tertiary/aromatic N) is 2. The van der Waals surface area contributed by atoms with Gasteiger partial charge in [0.15, 0.2) is 5.69 Å². The largest absolute Gasteiger partial charge is 0.350 e. The average molecular weight is 396 g/mol. The molecule has 1 amide bonds. The van der Waals surface area contributed by atoms with Crippen molar-refractivity contribution in [3.63, 3.8) is 0 Å².